The Labute approximate surface area is 120 Å². The fourth-order valence-electron chi connectivity index (χ4n) is 1.89. The summed E-state index contributed by atoms with van der Waals surface area (Å²) in [4.78, 5) is 4.53. The van der Waals surface area contributed by atoms with Crippen LogP contribution in [0.2, 0.25) is 0 Å². The molecule has 102 valence electrons. The van der Waals surface area contributed by atoms with Crippen molar-refractivity contribution >= 4 is 27.2 Å². The highest BCUT2D eigenvalue weighted by atomic mass is 32.1. The van der Waals surface area contributed by atoms with E-state index in [0.717, 1.165) is 26.7 Å². The van der Waals surface area contributed by atoms with Gasteiger partial charge in [0, 0.05) is 11.8 Å². The second kappa shape index (κ2) is 5.38. The Kier molecular flexibility index (Phi) is 3.43. The molecule has 0 atom stereocenters. The van der Waals surface area contributed by atoms with E-state index in [4.69, 9.17) is 15.2 Å². The maximum absolute atomic E-state index is 5.71. The summed E-state index contributed by atoms with van der Waals surface area (Å²) in [5, 5.41) is 0.927. The Balaban J connectivity index is 1.77. The van der Waals surface area contributed by atoms with Crippen LogP contribution in [0.4, 0.5) is 5.69 Å². The quantitative estimate of drug-likeness (QED) is 0.746. The van der Waals surface area contributed by atoms with Gasteiger partial charge in [0.2, 0.25) is 0 Å². The minimum atomic E-state index is 0.436. The second-order valence-electron chi connectivity index (χ2n) is 4.30. The number of nitrogen functional groups attached to an aromatic ring is 1. The summed E-state index contributed by atoms with van der Waals surface area (Å²) in [6.45, 7) is 0.436. The van der Waals surface area contributed by atoms with Crippen molar-refractivity contribution in [2.45, 2.75) is 6.61 Å². The summed E-state index contributed by atoms with van der Waals surface area (Å²) < 4.78 is 12.0. The molecule has 3 aromatic rings. The van der Waals surface area contributed by atoms with Crippen molar-refractivity contribution in [3.05, 3.63) is 47.5 Å². The lowest BCUT2D eigenvalue weighted by atomic mass is 10.3. The van der Waals surface area contributed by atoms with Gasteiger partial charge in [-0.3, -0.25) is 0 Å². The molecule has 3 rings (SSSR count). The largest absolute Gasteiger partial charge is 0.497 e. The van der Waals surface area contributed by atoms with Crippen LogP contribution in [0, 0.1) is 0 Å². The second-order valence-corrected chi connectivity index (χ2v) is 5.42. The third-order valence-corrected chi connectivity index (χ3v) is 3.85. The van der Waals surface area contributed by atoms with Crippen molar-refractivity contribution in [3.63, 3.8) is 0 Å². The van der Waals surface area contributed by atoms with Gasteiger partial charge >= 0.3 is 0 Å². The Morgan fingerprint density at radius 3 is 2.85 bits per heavy atom. The molecule has 1 heterocycles. The molecule has 2 N–H and O–H groups in total. The molecule has 0 aliphatic carbocycles. The average Bonchev–Trinajstić information content (AvgIpc) is 2.87. The molecule has 2 aromatic carbocycles. The van der Waals surface area contributed by atoms with Gasteiger partial charge in [-0.15, -0.1) is 11.3 Å². The third-order valence-electron chi connectivity index (χ3n) is 2.86. The number of fused-ring (bicyclic) bond motifs is 1. The van der Waals surface area contributed by atoms with Crippen LogP contribution in [0.15, 0.2) is 42.5 Å². The van der Waals surface area contributed by atoms with Gasteiger partial charge in [-0.2, -0.15) is 0 Å². The molecule has 0 radical (unpaired) electrons. The number of hydrogen-bond donors (Lipinski definition) is 1. The van der Waals surface area contributed by atoms with E-state index < -0.39 is 0 Å². The Hall–Kier alpha value is -2.27. The van der Waals surface area contributed by atoms with Crippen LogP contribution in [0.3, 0.4) is 0 Å². The molecule has 4 nitrogen and oxygen atoms in total. The minimum Gasteiger partial charge on any atom is -0.497 e. The van der Waals surface area contributed by atoms with Crippen LogP contribution in [-0.2, 0) is 6.61 Å². The zero-order valence-electron chi connectivity index (χ0n) is 11.0. The standard InChI is InChI=1S/C15H14N2O2S/c1-18-11-5-6-13-14(8-11)20-15(17-13)9-19-12-4-2-3-10(16)7-12/h2-8H,9,16H2,1H3. The number of nitrogens with two attached hydrogens (primary N) is 1. The minimum absolute atomic E-state index is 0.436. The van der Waals surface area contributed by atoms with Crippen LogP contribution < -0.4 is 15.2 Å². The van der Waals surface area contributed by atoms with E-state index in [1.807, 2.05) is 36.4 Å². The van der Waals surface area contributed by atoms with Gasteiger partial charge in [-0.1, -0.05) is 6.07 Å². The zero-order chi connectivity index (χ0) is 13.9. The number of thiazole rings is 1. The first-order chi connectivity index (χ1) is 9.74. The monoisotopic (exact) mass is 286 g/mol. The Bertz CT molecular complexity index is 740. The van der Waals surface area contributed by atoms with E-state index >= 15 is 0 Å². The third kappa shape index (κ3) is 2.67. The maximum Gasteiger partial charge on any atom is 0.140 e. The predicted octanol–water partition coefficient (Wildman–Crippen LogP) is 3.47. The summed E-state index contributed by atoms with van der Waals surface area (Å²) in [5.74, 6) is 1.59. The fraction of sp³-hybridized carbons (Fsp3) is 0.133. The molecular weight excluding hydrogens is 272 g/mol. The van der Waals surface area contributed by atoms with Crippen molar-refractivity contribution in [2.24, 2.45) is 0 Å². The molecule has 20 heavy (non-hydrogen) atoms. The number of hydrogen-bond acceptors (Lipinski definition) is 5. The fourth-order valence-corrected chi connectivity index (χ4v) is 2.80. The maximum atomic E-state index is 5.71. The van der Waals surface area contributed by atoms with E-state index in [-0.39, 0.29) is 0 Å². The first-order valence-corrected chi connectivity index (χ1v) is 6.98. The van der Waals surface area contributed by atoms with Gasteiger partial charge in [0.1, 0.15) is 23.1 Å². The predicted molar refractivity (Wildman–Crippen MR) is 81.4 cm³/mol. The van der Waals surface area contributed by atoms with E-state index in [2.05, 4.69) is 4.98 Å². The Morgan fingerprint density at radius 2 is 2.05 bits per heavy atom. The van der Waals surface area contributed by atoms with Crippen molar-refractivity contribution in [3.8, 4) is 11.5 Å². The van der Waals surface area contributed by atoms with Gasteiger partial charge in [0.05, 0.1) is 17.3 Å². The van der Waals surface area contributed by atoms with Crippen molar-refractivity contribution in [2.75, 3.05) is 12.8 Å². The Morgan fingerprint density at radius 1 is 1.15 bits per heavy atom. The highest BCUT2D eigenvalue weighted by molar-refractivity contribution is 7.18. The summed E-state index contributed by atoms with van der Waals surface area (Å²) >= 11 is 1.60. The smallest absolute Gasteiger partial charge is 0.140 e. The molecule has 0 unspecified atom stereocenters. The molecule has 0 bridgehead atoms. The SMILES string of the molecule is COc1ccc2nc(COc3cccc(N)c3)sc2c1. The molecule has 0 amide bonds. The van der Waals surface area contributed by atoms with E-state index in [1.165, 1.54) is 0 Å². The average molecular weight is 286 g/mol. The number of anilines is 1. The van der Waals surface area contributed by atoms with Gasteiger partial charge in [-0.25, -0.2) is 4.98 Å². The number of ether oxygens (including phenoxy) is 2. The van der Waals surface area contributed by atoms with Crippen molar-refractivity contribution < 1.29 is 9.47 Å². The van der Waals surface area contributed by atoms with Crippen LogP contribution in [0.5, 0.6) is 11.5 Å². The number of methoxy groups -OCH3 is 1. The van der Waals surface area contributed by atoms with Gasteiger partial charge in [-0.05, 0) is 30.3 Å². The molecule has 0 spiro atoms. The lowest BCUT2D eigenvalue weighted by molar-refractivity contribution is 0.306. The van der Waals surface area contributed by atoms with Crippen molar-refractivity contribution in [1.82, 2.24) is 4.98 Å². The number of benzene rings is 2. The molecule has 0 fully saturated rings. The molecule has 0 aliphatic heterocycles. The van der Waals surface area contributed by atoms with Gasteiger partial charge in [0.25, 0.3) is 0 Å². The van der Waals surface area contributed by atoms with E-state index in [1.54, 1.807) is 24.5 Å². The molecule has 5 heteroatoms. The number of rotatable bonds is 4. The number of nitrogens with zero attached hydrogens (tertiary/aromatic N) is 1. The van der Waals surface area contributed by atoms with Crippen LogP contribution in [-0.4, -0.2) is 12.1 Å². The molecule has 0 saturated carbocycles. The summed E-state index contributed by atoms with van der Waals surface area (Å²) in [5.41, 5.74) is 7.37. The topological polar surface area (TPSA) is 57.4 Å². The zero-order valence-corrected chi connectivity index (χ0v) is 11.8. The van der Waals surface area contributed by atoms with Crippen molar-refractivity contribution in [1.29, 1.82) is 0 Å². The highest BCUT2D eigenvalue weighted by Gasteiger charge is 2.06. The number of aromatic nitrogens is 1. The lowest BCUT2D eigenvalue weighted by Gasteiger charge is -2.03. The normalized spacial score (nSPS) is 10.7. The first-order valence-electron chi connectivity index (χ1n) is 6.16. The summed E-state index contributed by atoms with van der Waals surface area (Å²) in [7, 11) is 1.66. The molecule has 0 aliphatic rings. The molecule has 0 saturated heterocycles. The highest BCUT2D eigenvalue weighted by Crippen LogP contribution is 2.27. The van der Waals surface area contributed by atoms with Gasteiger partial charge < -0.3 is 15.2 Å². The van der Waals surface area contributed by atoms with E-state index in [0.29, 0.717) is 12.3 Å². The van der Waals surface area contributed by atoms with Crippen LogP contribution >= 0.6 is 11.3 Å². The molecule has 1 aromatic heterocycles. The lowest BCUT2D eigenvalue weighted by Crippen LogP contribution is -1.95. The first kappa shape index (κ1) is 12.7. The summed E-state index contributed by atoms with van der Waals surface area (Å²) in [6, 6.07) is 13.2. The van der Waals surface area contributed by atoms with Crippen LogP contribution in [0.1, 0.15) is 5.01 Å². The molecular formula is C15H14N2O2S. The van der Waals surface area contributed by atoms with Crippen LogP contribution in [0.25, 0.3) is 10.2 Å². The van der Waals surface area contributed by atoms with E-state index in [9.17, 15) is 0 Å². The van der Waals surface area contributed by atoms with Gasteiger partial charge in [0.15, 0.2) is 0 Å². The summed E-state index contributed by atoms with van der Waals surface area (Å²) in [6.07, 6.45) is 0.